The first-order chi connectivity index (χ1) is 17.4. The van der Waals surface area contributed by atoms with Crippen molar-refractivity contribution in [3.63, 3.8) is 0 Å². The predicted octanol–water partition coefficient (Wildman–Crippen LogP) is 4.10. The molecule has 2 aliphatic heterocycles. The highest BCUT2D eigenvalue weighted by Gasteiger charge is 2.48. The summed E-state index contributed by atoms with van der Waals surface area (Å²) in [6.07, 6.45) is 11.1. The normalized spacial score (nSPS) is 24.9. The van der Waals surface area contributed by atoms with Gasteiger partial charge in [-0.15, -0.1) is 0 Å². The van der Waals surface area contributed by atoms with Crippen molar-refractivity contribution in [3.8, 4) is 0 Å². The number of nitrogens with two attached hydrogens (primary N) is 1. The summed E-state index contributed by atoms with van der Waals surface area (Å²) in [4.78, 5) is 22.7. The summed E-state index contributed by atoms with van der Waals surface area (Å²) < 4.78 is 0. The monoisotopic (exact) mass is 494 g/mol. The van der Waals surface area contributed by atoms with Crippen LogP contribution >= 0.6 is 0 Å². The van der Waals surface area contributed by atoms with Gasteiger partial charge in [-0.25, -0.2) is 4.99 Å². The summed E-state index contributed by atoms with van der Waals surface area (Å²) >= 11 is 0. The smallest absolute Gasteiger partial charge is 0.257 e. The van der Waals surface area contributed by atoms with Crippen LogP contribution in [0.2, 0.25) is 0 Å². The van der Waals surface area contributed by atoms with Crippen LogP contribution in [0.1, 0.15) is 82.3 Å². The molecular formula is C29H46N6O. The van der Waals surface area contributed by atoms with Crippen molar-refractivity contribution in [1.82, 2.24) is 20.4 Å². The first kappa shape index (κ1) is 26.5. The van der Waals surface area contributed by atoms with Gasteiger partial charge in [0.25, 0.3) is 5.91 Å². The Bertz CT molecular complexity index is 922. The predicted molar refractivity (Wildman–Crippen MR) is 147 cm³/mol. The van der Waals surface area contributed by atoms with Crippen molar-refractivity contribution in [2.24, 2.45) is 16.6 Å². The molecule has 2 fully saturated rings. The molecule has 4 N–H and O–H groups in total. The second-order valence-corrected chi connectivity index (χ2v) is 11.1. The van der Waals surface area contributed by atoms with E-state index in [4.69, 9.17) is 10.7 Å². The Balaban J connectivity index is 1.38. The molecule has 1 saturated carbocycles. The summed E-state index contributed by atoms with van der Waals surface area (Å²) in [6, 6.07) is 8.99. The average molecular weight is 495 g/mol. The van der Waals surface area contributed by atoms with E-state index in [1.807, 2.05) is 7.05 Å². The molecule has 4 rings (SSSR count). The van der Waals surface area contributed by atoms with Crippen molar-refractivity contribution in [2.45, 2.75) is 95.8 Å². The highest BCUT2D eigenvalue weighted by Crippen LogP contribution is 2.39. The van der Waals surface area contributed by atoms with Crippen LogP contribution in [0.4, 0.5) is 0 Å². The van der Waals surface area contributed by atoms with Crippen LogP contribution in [-0.2, 0) is 17.9 Å². The third-order valence-corrected chi connectivity index (χ3v) is 8.22. The number of nitrogens with one attached hydrogen (secondary N) is 2. The fourth-order valence-corrected chi connectivity index (χ4v) is 6.12. The second kappa shape index (κ2) is 12.1. The molecule has 0 radical (unpaired) electrons. The number of guanidine groups is 1. The topological polar surface area (TPSA) is 86.0 Å². The lowest BCUT2D eigenvalue weighted by Crippen LogP contribution is -2.45. The average Bonchev–Trinajstić information content (AvgIpc) is 3.34. The van der Waals surface area contributed by atoms with E-state index < -0.39 is 5.54 Å². The van der Waals surface area contributed by atoms with Crippen molar-refractivity contribution in [1.29, 1.82) is 0 Å². The Labute approximate surface area is 217 Å². The zero-order chi connectivity index (χ0) is 25.5. The lowest BCUT2D eigenvalue weighted by molar-refractivity contribution is -0.132. The molecule has 2 atom stereocenters. The molecule has 1 saturated heterocycles. The third kappa shape index (κ3) is 6.23. The quantitative estimate of drug-likeness (QED) is 0.407. The molecule has 1 aliphatic carbocycles. The number of amides is 1. The number of carbonyl (C=O) groups is 1. The van der Waals surface area contributed by atoms with Gasteiger partial charge in [-0.2, -0.15) is 0 Å². The van der Waals surface area contributed by atoms with Crippen LogP contribution in [-0.4, -0.2) is 53.4 Å². The van der Waals surface area contributed by atoms with Crippen LogP contribution < -0.4 is 16.4 Å². The lowest BCUT2D eigenvalue weighted by Gasteiger charge is -2.32. The van der Waals surface area contributed by atoms with Gasteiger partial charge >= 0.3 is 0 Å². The van der Waals surface area contributed by atoms with E-state index in [-0.39, 0.29) is 5.91 Å². The summed E-state index contributed by atoms with van der Waals surface area (Å²) in [5.41, 5.74) is 8.06. The molecule has 7 heteroatoms. The molecule has 198 valence electrons. The number of hydrogen-bond donors (Lipinski definition) is 3. The minimum atomic E-state index is -0.658. The fourth-order valence-electron chi connectivity index (χ4n) is 6.12. The standard InChI is InChI=1S/C29H46N6O/c1-4-5-16-29(18-23-9-7-6-8-10-23)27(36)35(28(30)33-29)20-25-13-11-24(12-14-25)19-34-21-26(15-17-31-3)32-22(34)2/h11-14,23,26,31-32H,2,4-10,15-21H2,1,3H3,(H2,30,33). The Morgan fingerprint density at radius 2 is 1.86 bits per heavy atom. The minimum absolute atomic E-state index is 0.107. The van der Waals surface area contributed by atoms with Gasteiger partial charge in [0.05, 0.1) is 12.4 Å². The van der Waals surface area contributed by atoms with Gasteiger partial charge in [0.1, 0.15) is 5.54 Å². The van der Waals surface area contributed by atoms with Gasteiger partial charge in [0, 0.05) is 19.1 Å². The van der Waals surface area contributed by atoms with Crippen LogP contribution in [0, 0.1) is 5.92 Å². The van der Waals surface area contributed by atoms with Crippen molar-refractivity contribution < 1.29 is 4.79 Å². The number of nitrogens with zero attached hydrogens (tertiary/aromatic N) is 3. The van der Waals surface area contributed by atoms with Crippen molar-refractivity contribution in [2.75, 3.05) is 20.1 Å². The Morgan fingerprint density at radius 1 is 1.17 bits per heavy atom. The fraction of sp³-hybridized carbons (Fsp3) is 0.655. The van der Waals surface area contributed by atoms with Gasteiger partial charge < -0.3 is 21.3 Å². The van der Waals surface area contributed by atoms with Gasteiger partial charge in [-0.1, -0.05) is 82.7 Å². The molecule has 0 spiro atoms. The van der Waals surface area contributed by atoms with Gasteiger partial charge in [-0.05, 0) is 49.9 Å². The van der Waals surface area contributed by atoms with Crippen LogP contribution in [0.15, 0.2) is 41.7 Å². The maximum absolute atomic E-state index is 13.8. The SMILES string of the molecule is C=C1NC(CCNC)CN1Cc1ccc(CN2C(=O)C(CCCC)(CC3CCCCC3)N=C2N)cc1. The van der Waals surface area contributed by atoms with E-state index >= 15 is 0 Å². The highest BCUT2D eigenvalue weighted by atomic mass is 16.2. The maximum atomic E-state index is 13.8. The van der Waals surface area contributed by atoms with E-state index in [9.17, 15) is 4.79 Å². The van der Waals surface area contributed by atoms with E-state index in [1.54, 1.807) is 4.90 Å². The Kier molecular flexibility index (Phi) is 8.94. The number of carbonyl (C=O) groups excluding carboxylic acids is 1. The summed E-state index contributed by atoms with van der Waals surface area (Å²) in [6.45, 7) is 9.65. The maximum Gasteiger partial charge on any atom is 0.257 e. The number of hydrogen-bond acceptors (Lipinski definition) is 6. The number of benzene rings is 1. The molecule has 7 nitrogen and oxygen atoms in total. The molecule has 1 amide bonds. The molecule has 36 heavy (non-hydrogen) atoms. The van der Waals surface area contributed by atoms with Crippen molar-refractivity contribution in [3.05, 3.63) is 47.8 Å². The van der Waals surface area contributed by atoms with Crippen LogP contribution in [0.25, 0.3) is 0 Å². The number of unbranched alkanes of at least 4 members (excludes halogenated alkanes) is 1. The zero-order valence-electron chi connectivity index (χ0n) is 22.4. The molecule has 2 unspecified atom stereocenters. The Hall–Kier alpha value is -2.54. The summed E-state index contributed by atoms with van der Waals surface area (Å²) in [7, 11) is 1.99. The van der Waals surface area contributed by atoms with E-state index in [2.05, 4.69) is 53.3 Å². The minimum Gasteiger partial charge on any atom is -0.369 e. The molecule has 0 bridgehead atoms. The van der Waals surface area contributed by atoms with Crippen LogP contribution in [0.3, 0.4) is 0 Å². The molecule has 0 aromatic heterocycles. The van der Waals surface area contributed by atoms with Gasteiger partial charge in [0.2, 0.25) is 0 Å². The second-order valence-electron chi connectivity index (χ2n) is 11.1. The van der Waals surface area contributed by atoms with E-state index in [0.717, 1.165) is 63.1 Å². The first-order valence-corrected chi connectivity index (χ1v) is 14.0. The molecule has 1 aromatic carbocycles. The third-order valence-electron chi connectivity index (χ3n) is 8.22. The van der Waals surface area contributed by atoms with Crippen LogP contribution in [0.5, 0.6) is 0 Å². The highest BCUT2D eigenvalue weighted by molar-refractivity contribution is 6.06. The zero-order valence-corrected chi connectivity index (χ0v) is 22.4. The lowest BCUT2D eigenvalue weighted by atomic mass is 9.77. The van der Waals surface area contributed by atoms with Crippen molar-refractivity contribution >= 4 is 11.9 Å². The largest absolute Gasteiger partial charge is 0.369 e. The molecule has 1 aromatic rings. The summed E-state index contributed by atoms with van der Waals surface area (Å²) in [5, 5.41) is 6.72. The molecular weight excluding hydrogens is 448 g/mol. The summed E-state index contributed by atoms with van der Waals surface area (Å²) in [5.74, 6) is 2.08. The van der Waals surface area contributed by atoms with Gasteiger partial charge in [0.15, 0.2) is 5.96 Å². The number of aliphatic imine (C=N–C) groups is 1. The molecule has 2 heterocycles. The molecule has 3 aliphatic rings. The van der Waals surface area contributed by atoms with E-state index in [1.165, 1.54) is 37.7 Å². The Morgan fingerprint density at radius 3 is 2.53 bits per heavy atom. The number of rotatable bonds is 12. The first-order valence-electron chi connectivity index (χ1n) is 14.0. The van der Waals surface area contributed by atoms with Gasteiger partial charge in [-0.3, -0.25) is 9.69 Å². The van der Waals surface area contributed by atoms with E-state index in [0.29, 0.717) is 24.5 Å².